The summed E-state index contributed by atoms with van der Waals surface area (Å²) in [4.78, 5) is 0.327. The second-order valence-electron chi connectivity index (χ2n) is 4.52. The van der Waals surface area contributed by atoms with Crippen molar-refractivity contribution in [3.05, 3.63) is 71.1 Å². The van der Waals surface area contributed by atoms with Crippen LogP contribution in [0.2, 0.25) is 0 Å². The number of benzene rings is 2. The van der Waals surface area contributed by atoms with Gasteiger partial charge in [0.05, 0.1) is 4.90 Å². The van der Waals surface area contributed by atoms with Gasteiger partial charge in [0.25, 0.3) is 0 Å². The molecule has 19 heavy (non-hydrogen) atoms. The second-order valence-corrected chi connectivity index (χ2v) is 6.32. The van der Waals surface area contributed by atoms with Crippen molar-refractivity contribution in [3.63, 3.8) is 0 Å². The van der Waals surface area contributed by atoms with Crippen molar-refractivity contribution in [1.82, 2.24) is 0 Å². The SMILES string of the molecule is C/C(=C\S(=O)(=O)c1ccc(C)cc1)c1ccccc1. The minimum absolute atomic E-state index is 0.327. The van der Waals surface area contributed by atoms with Gasteiger partial charge in [-0.25, -0.2) is 8.42 Å². The number of hydrogen-bond donors (Lipinski definition) is 0. The zero-order valence-corrected chi connectivity index (χ0v) is 11.8. The monoisotopic (exact) mass is 272 g/mol. The molecule has 0 N–H and O–H groups in total. The fourth-order valence-electron chi connectivity index (χ4n) is 1.80. The van der Waals surface area contributed by atoms with E-state index in [9.17, 15) is 8.42 Å². The third kappa shape index (κ3) is 3.32. The molecule has 2 aromatic rings. The molecule has 0 heterocycles. The first-order valence-corrected chi connectivity index (χ1v) is 7.59. The van der Waals surface area contributed by atoms with Crippen LogP contribution in [0.3, 0.4) is 0 Å². The Morgan fingerprint density at radius 2 is 1.53 bits per heavy atom. The Hall–Kier alpha value is -1.87. The number of allylic oxidation sites excluding steroid dienone is 1. The topological polar surface area (TPSA) is 34.1 Å². The molecule has 2 rings (SSSR count). The van der Waals surface area contributed by atoms with E-state index in [1.807, 2.05) is 37.3 Å². The second kappa shape index (κ2) is 5.41. The van der Waals surface area contributed by atoms with Gasteiger partial charge < -0.3 is 0 Å². The molecule has 0 fully saturated rings. The summed E-state index contributed by atoms with van der Waals surface area (Å²) >= 11 is 0. The maximum Gasteiger partial charge on any atom is 0.200 e. The average Bonchev–Trinajstić information content (AvgIpc) is 2.40. The fourth-order valence-corrected chi connectivity index (χ4v) is 3.05. The van der Waals surface area contributed by atoms with E-state index in [0.29, 0.717) is 4.90 Å². The predicted octanol–water partition coefficient (Wildman–Crippen LogP) is 3.83. The van der Waals surface area contributed by atoms with Crippen molar-refractivity contribution >= 4 is 15.4 Å². The van der Waals surface area contributed by atoms with E-state index in [2.05, 4.69) is 0 Å². The van der Waals surface area contributed by atoms with Gasteiger partial charge in [-0.3, -0.25) is 0 Å². The minimum atomic E-state index is -3.39. The van der Waals surface area contributed by atoms with Gasteiger partial charge in [-0.1, -0.05) is 48.0 Å². The van der Waals surface area contributed by atoms with E-state index in [-0.39, 0.29) is 0 Å². The predicted molar refractivity (Wildman–Crippen MR) is 78.5 cm³/mol. The Morgan fingerprint density at radius 3 is 2.11 bits per heavy atom. The summed E-state index contributed by atoms with van der Waals surface area (Å²) in [5.74, 6) is 0. The third-order valence-corrected chi connectivity index (χ3v) is 4.50. The van der Waals surface area contributed by atoms with Crippen LogP contribution in [0, 0.1) is 6.92 Å². The molecule has 98 valence electrons. The van der Waals surface area contributed by atoms with Crippen LogP contribution in [0.1, 0.15) is 18.1 Å². The smallest absolute Gasteiger partial charge is 0.200 e. The Bertz CT molecular complexity index is 681. The minimum Gasteiger partial charge on any atom is -0.219 e. The third-order valence-electron chi connectivity index (χ3n) is 2.91. The van der Waals surface area contributed by atoms with Crippen molar-refractivity contribution in [3.8, 4) is 0 Å². The Morgan fingerprint density at radius 1 is 0.947 bits per heavy atom. The maximum absolute atomic E-state index is 12.3. The number of hydrogen-bond acceptors (Lipinski definition) is 2. The molecule has 0 unspecified atom stereocenters. The first kappa shape index (κ1) is 13.6. The van der Waals surface area contributed by atoms with E-state index in [0.717, 1.165) is 16.7 Å². The standard InChI is InChI=1S/C16H16O2S/c1-13-8-10-16(11-9-13)19(17,18)12-14(2)15-6-4-3-5-7-15/h3-12H,1-2H3/b14-12+. The average molecular weight is 272 g/mol. The van der Waals surface area contributed by atoms with Crippen molar-refractivity contribution in [1.29, 1.82) is 0 Å². The van der Waals surface area contributed by atoms with Crippen LogP contribution in [0.15, 0.2) is 64.9 Å². The largest absolute Gasteiger partial charge is 0.219 e. The highest BCUT2D eigenvalue weighted by molar-refractivity contribution is 7.94. The summed E-state index contributed by atoms with van der Waals surface area (Å²) in [6, 6.07) is 16.4. The van der Waals surface area contributed by atoms with Crippen LogP contribution in [-0.4, -0.2) is 8.42 Å². The van der Waals surface area contributed by atoms with Crippen molar-refractivity contribution in [2.75, 3.05) is 0 Å². The van der Waals surface area contributed by atoms with Gasteiger partial charge in [0.2, 0.25) is 0 Å². The van der Waals surface area contributed by atoms with Crippen LogP contribution in [0.4, 0.5) is 0 Å². The number of sulfone groups is 1. The Kier molecular flexibility index (Phi) is 3.86. The van der Waals surface area contributed by atoms with E-state index in [1.54, 1.807) is 31.2 Å². The molecule has 2 nitrogen and oxygen atoms in total. The lowest BCUT2D eigenvalue weighted by molar-refractivity contribution is 0.604. The summed E-state index contributed by atoms with van der Waals surface area (Å²) in [5, 5.41) is 1.33. The normalized spacial score (nSPS) is 12.4. The maximum atomic E-state index is 12.3. The van der Waals surface area contributed by atoms with Crippen LogP contribution in [0.5, 0.6) is 0 Å². The molecule has 0 spiro atoms. The van der Waals surface area contributed by atoms with Crippen LogP contribution in [-0.2, 0) is 9.84 Å². The van der Waals surface area contributed by atoms with E-state index in [1.165, 1.54) is 5.41 Å². The molecule has 0 aromatic heterocycles. The van der Waals surface area contributed by atoms with Crippen molar-refractivity contribution in [2.24, 2.45) is 0 Å². The lowest BCUT2D eigenvalue weighted by Crippen LogP contribution is -1.97. The molecular weight excluding hydrogens is 256 g/mol. The Balaban J connectivity index is 2.39. The lowest BCUT2D eigenvalue weighted by atomic mass is 10.1. The fraction of sp³-hybridized carbons (Fsp3) is 0.125. The zero-order chi connectivity index (χ0) is 13.9. The molecule has 3 heteroatoms. The van der Waals surface area contributed by atoms with Crippen molar-refractivity contribution < 1.29 is 8.42 Å². The molecule has 0 aliphatic heterocycles. The molecule has 0 saturated heterocycles. The van der Waals surface area contributed by atoms with E-state index in [4.69, 9.17) is 0 Å². The van der Waals surface area contributed by atoms with E-state index < -0.39 is 9.84 Å². The Labute approximate surface area is 114 Å². The lowest BCUT2D eigenvalue weighted by Gasteiger charge is -2.03. The number of rotatable bonds is 3. The first-order valence-electron chi connectivity index (χ1n) is 6.04. The molecule has 0 saturated carbocycles. The van der Waals surface area contributed by atoms with Gasteiger partial charge in [-0.2, -0.15) is 0 Å². The highest BCUT2D eigenvalue weighted by Gasteiger charge is 2.11. The van der Waals surface area contributed by atoms with Gasteiger partial charge in [-0.05, 0) is 37.1 Å². The summed E-state index contributed by atoms with van der Waals surface area (Å²) < 4.78 is 24.5. The van der Waals surface area contributed by atoms with Crippen LogP contribution < -0.4 is 0 Å². The highest BCUT2D eigenvalue weighted by atomic mass is 32.2. The molecule has 0 atom stereocenters. The zero-order valence-electron chi connectivity index (χ0n) is 11.0. The summed E-state index contributed by atoms with van der Waals surface area (Å²) in [5.41, 5.74) is 2.70. The summed E-state index contributed by atoms with van der Waals surface area (Å²) in [6.07, 6.45) is 0. The number of aryl methyl sites for hydroxylation is 1. The first-order chi connectivity index (χ1) is 8.99. The van der Waals surface area contributed by atoms with Gasteiger partial charge in [0.15, 0.2) is 9.84 Å². The molecule has 0 amide bonds. The summed E-state index contributed by atoms with van der Waals surface area (Å²) in [7, 11) is -3.39. The van der Waals surface area contributed by atoms with Crippen molar-refractivity contribution in [2.45, 2.75) is 18.7 Å². The molecule has 0 bridgehead atoms. The highest BCUT2D eigenvalue weighted by Crippen LogP contribution is 2.19. The molecule has 0 aliphatic rings. The van der Waals surface area contributed by atoms with Gasteiger partial charge in [-0.15, -0.1) is 0 Å². The van der Waals surface area contributed by atoms with Crippen LogP contribution in [0.25, 0.3) is 5.57 Å². The molecular formula is C16H16O2S. The quantitative estimate of drug-likeness (QED) is 0.851. The van der Waals surface area contributed by atoms with Gasteiger partial charge in [0.1, 0.15) is 0 Å². The van der Waals surface area contributed by atoms with Crippen LogP contribution >= 0.6 is 0 Å². The van der Waals surface area contributed by atoms with Gasteiger partial charge >= 0.3 is 0 Å². The molecule has 0 aliphatic carbocycles. The molecule has 0 radical (unpaired) electrons. The van der Waals surface area contributed by atoms with Gasteiger partial charge in [0, 0.05) is 5.41 Å². The molecule has 2 aromatic carbocycles. The summed E-state index contributed by atoms with van der Waals surface area (Å²) in [6.45, 7) is 3.74. The van der Waals surface area contributed by atoms with E-state index >= 15 is 0 Å².